The fourth-order valence-corrected chi connectivity index (χ4v) is 1.91. The number of para-hydroxylation sites is 1. The van der Waals surface area contributed by atoms with Crippen molar-refractivity contribution in [2.75, 3.05) is 0 Å². The molecule has 3 aromatic rings. The molecule has 4 heteroatoms. The van der Waals surface area contributed by atoms with Crippen LogP contribution in [0.2, 0.25) is 0 Å². The van der Waals surface area contributed by atoms with Gasteiger partial charge < -0.3 is 9.15 Å². The van der Waals surface area contributed by atoms with Gasteiger partial charge in [-0.1, -0.05) is 12.1 Å². The van der Waals surface area contributed by atoms with Gasteiger partial charge >= 0.3 is 5.63 Å². The van der Waals surface area contributed by atoms with Crippen LogP contribution >= 0.6 is 0 Å². The van der Waals surface area contributed by atoms with Gasteiger partial charge in [0.1, 0.15) is 23.4 Å². The van der Waals surface area contributed by atoms with Crippen molar-refractivity contribution in [1.82, 2.24) is 0 Å². The first-order valence-electron chi connectivity index (χ1n) is 6.02. The molecule has 4 nitrogen and oxygen atoms in total. The Bertz CT molecular complexity index is 816. The number of ether oxygens (including phenoxy) is 1. The van der Waals surface area contributed by atoms with E-state index in [1.807, 2.05) is 12.1 Å². The van der Waals surface area contributed by atoms with Gasteiger partial charge in [0.05, 0.1) is 11.5 Å². The number of fused-ring (bicyclic) bond motifs is 1. The van der Waals surface area contributed by atoms with Gasteiger partial charge in [0, 0.05) is 5.56 Å². The van der Waals surface area contributed by atoms with Crippen LogP contribution < -0.4 is 10.4 Å². The van der Waals surface area contributed by atoms with Crippen LogP contribution in [0.25, 0.3) is 11.0 Å². The Labute approximate surface area is 114 Å². The second kappa shape index (κ2) is 5.01. The molecular formula is C16H10O4. The zero-order chi connectivity index (χ0) is 13.9. The first-order chi connectivity index (χ1) is 9.76. The summed E-state index contributed by atoms with van der Waals surface area (Å²) < 4.78 is 10.8. The Balaban J connectivity index is 2.05. The number of aldehydes is 1. The van der Waals surface area contributed by atoms with Crippen LogP contribution in [0.4, 0.5) is 0 Å². The van der Waals surface area contributed by atoms with E-state index in [1.54, 1.807) is 36.4 Å². The number of carbonyl (C=O) groups is 1. The highest BCUT2D eigenvalue weighted by Crippen LogP contribution is 2.28. The predicted molar refractivity (Wildman–Crippen MR) is 74.4 cm³/mol. The van der Waals surface area contributed by atoms with Gasteiger partial charge in [0.25, 0.3) is 0 Å². The van der Waals surface area contributed by atoms with Crippen molar-refractivity contribution in [2.45, 2.75) is 0 Å². The highest BCUT2D eigenvalue weighted by molar-refractivity contribution is 5.83. The zero-order valence-corrected chi connectivity index (χ0v) is 10.4. The highest BCUT2D eigenvalue weighted by atomic mass is 16.5. The van der Waals surface area contributed by atoms with Crippen LogP contribution in [0.1, 0.15) is 10.4 Å². The summed E-state index contributed by atoms with van der Waals surface area (Å²) in [6.07, 6.45) is 0.760. The van der Waals surface area contributed by atoms with Crippen LogP contribution in [0.3, 0.4) is 0 Å². The summed E-state index contributed by atoms with van der Waals surface area (Å²) in [5, 5.41) is 0.714. The lowest BCUT2D eigenvalue weighted by Gasteiger charge is -2.07. The quantitative estimate of drug-likeness (QED) is 0.538. The molecule has 0 spiro atoms. The molecule has 0 aliphatic carbocycles. The van der Waals surface area contributed by atoms with Crippen LogP contribution in [-0.2, 0) is 0 Å². The van der Waals surface area contributed by atoms with Crippen molar-refractivity contribution in [1.29, 1.82) is 0 Å². The zero-order valence-electron chi connectivity index (χ0n) is 10.4. The Morgan fingerprint density at radius 3 is 2.50 bits per heavy atom. The van der Waals surface area contributed by atoms with Crippen LogP contribution in [0, 0.1) is 0 Å². The average Bonchev–Trinajstić information content (AvgIpc) is 2.48. The van der Waals surface area contributed by atoms with Crippen molar-refractivity contribution >= 4 is 17.3 Å². The summed E-state index contributed by atoms with van der Waals surface area (Å²) in [5.74, 6) is 0.974. The number of rotatable bonds is 3. The van der Waals surface area contributed by atoms with E-state index < -0.39 is 5.63 Å². The molecule has 0 aliphatic rings. The van der Waals surface area contributed by atoms with Gasteiger partial charge in [-0.15, -0.1) is 0 Å². The summed E-state index contributed by atoms with van der Waals surface area (Å²) in [4.78, 5) is 22.1. The normalized spacial score (nSPS) is 10.4. The molecule has 0 atom stereocenters. The minimum atomic E-state index is -0.469. The molecule has 0 radical (unpaired) electrons. The summed E-state index contributed by atoms with van der Waals surface area (Å²) in [6.45, 7) is 0. The van der Waals surface area contributed by atoms with Crippen molar-refractivity contribution in [3.63, 3.8) is 0 Å². The molecule has 0 N–H and O–H groups in total. The molecule has 1 aromatic heterocycles. The van der Waals surface area contributed by atoms with Crippen LogP contribution in [-0.4, -0.2) is 6.29 Å². The molecular weight excluding hydrogens is 256 g/mol. The molecule has 0 unspecified atom stereocenters. The molecule has 0 fully saturated rings. The van der Waals surface area contributed by atoms with E-state index in [0.29, 0.717) is 28.0 Å². The van der Waals surface area contributed by atoms with Gasteiger partial charge in [-0.3, -0.25) is 4.79 Å². The maximum Gasteiger partial charge on any atom is 0.339 e. The first kappa shape index (κ1) is 12.2. The lowest BCUT2D eigenvalue weighted by Crippen LogP contribution is -1.98. The summed E-state index contributed by atoms with van der Waals surface area (Å²) in [7, 11) is 0. The standard InChI is InChI=1S/C16H10O4/c17-10-11-5-7-12(8-6-11)19-15-9-16(18)20-14-4-2-1-3-13(14)15/h1-10H. The van der Waals surface area contributed by atoms with Gasteiger partial charge in [-0.05, 0) is 36.4 Å². The molecule has 0 amide bonds. The monoisotopic (exact) mass is 266 g/mol. The van der Waals surface area contributed by atoms with Gasteiger partial charge in [-0.2, -0.15) is 0 Å². The fourth-order valence-electron chi connectivity index (χ4n) is 1.91. The molecule has 0 aliphatic heterocycles. The Morgan fingerprint density at radius 2 is 1.75 bits per heavy atom. The minimum Gasteiger partial charge on any atom is -0.456 e. The van der Waals surface area contributed by atoms with Crippen molar-refractivity contribution < 1.29 is 13.9 Å². The second-order valence-corrected chi connectivity index (χ2v) is 4.21. The Morgan fingerprint density at radius 1 is 1.00 bits per heavy atom. The Hall–Kier alpha value is -2.88. The molecule has 0 saturated carbocycles. The minimum absolute atomic E-state index is 0.427. The van der Waals surface area contributed by atoms with E-state index in [0.717, 1.165) is 6.29 Å². The van der Waals surface area contributed by atoms with Crippen LogP contribution in [0.5, 0.6) is 11.5 Å². The SMILES string of the molecule is O=Cc1ccc(Oc2cc(=O)oc3ccccc23)cc1. The van der Waals surface area contributed by atoms with Gasteiger partial charge in [0.2, 0.25) is 0 Å². The molecule has 98 valence electrons. The number of benzene rings is 2. The lowest BCUT2D eigenvalue weighted by molar-refractivity contribution is 0.112. The van der Waals surface area contributed by atoms with E-state index >= 15 is 0 Å². The third kappa shape index (κ3) is 2.31. The average molecular weight is 266 g/mol. The van der Waals surface area contributed by atoms with E-state index in [1.165, 1.54) is 6.07 Å². The molecule has 0 saturated heterocycles. The number of carbonyl (C=O) groups excluding carboxylic acids is 1. The topological polar surface area (TPSA) is 56.5 Å². The van der Waals surface area contributed by atoms with E-state index in [-0.39, 0.29) is 0 Å². The molecule has 1 heterocycles. The Kier molecular flexibility index (Phi) is 3.05. The summed E-state index contributed by atoms with van der Waals surface area (Å²) >= 11 is 0. The largest absolute Gasteiger partial charge is 0.456 e. The predicted octanol–water partition coefficient (Wildman–Crippen LogP) is 3.40. The lowest BCUT2D eigenvalue weighted by atomic mass is 10.2. The van der Waals surface area contributed by atoms with Crippen molar-refractivity contribution in [2.24, 2.45) is 0 Å². The van der Waals surface area contributed by atoms with Crippen molar-refractivity contribution in [3.8, 4) is 11.5 Å². The third-order valence-electron chi connectivity index (χ3n) is 2.86. The number of hydrogen-bond acceptors (Lipinski definition) is 4. The van der Waals surface area contributed by atoms with Gasteiger partial charge in [0.15, 0.2) is 0 Å². The first-order valence-corrected chi connectivity index (χ1v) is 6.02. The van der Waals surface area contributed by atoms with E-state index in [9.17, 15) is 9.59 Å². The summed E-state index contributed by atoms with van der Waals surface area (Å²) in [6, 6.07) is 15.1. The highest BCUT2D eigenvalue weighted by Gasteiger charge is 2.07. The van der Waals surface area contributed by atoms with Crippen LogP contribution in [0.15, 0.2) is 63.8 Å². The second-order valence-electron chi connectivity index (χ2n) is 4.21. The maximum absolute atomic E-state index is 11.5. The van der Waals surface area contributed by atoms with E-state index in [4.69, 9.17) is 9.15 Å². The summed E-state index contributed by atoms with van der Waals surface area (Å²) in [5.41, 5.74) is 0.567. The molecule has 3 rings (SSSR count). The van der Waals surface area contributed by atoms with E-state index in [2.05, 4.69) is 0 Å². The third-order valence-corrected chi connectivity index (χ3v) is 2.86. The van der Waals surface area contributed by atoms with Crippen molar-refractivity contribution in [3.05, 3.63) is 70.6 Å². The smallest absolute Gasteiger partial charge is 0.339 e. The molecule has 2 aromatic carbocycles. The molecule has 20 heavy (non-hydrogen) atoms. The van der Waals surface area contributed by atoms with Gasteiger partial charge in [-0.25, -0.2) is 4.79 Å². The maximum atomic E-state index is 11.5. The molecule has 0 bridgehead atoms. The fraction of sp³-hybridized carbons (Fsp3) is 0. The number of hydrogen-bond donors (Lipinski definition) is 0.